The van der Waals surface area contributed by atoms with Crippen LogP contribution in [0.15, 0.2) is 72.5 Å². The van der Waals surface area contributed by atoms with E-state index in [0.717, 1.165) is 25.8 Å². The van der Waals surface area contributed by atoms with Crippen LogP contribution in [0.25, 0.3) is 0 Å². The fourth-order valence-corrected chi connectivity index (χ4v) is 5.88. The number of nitrogens with zero attached hydrogens (tertiary/aromatic N) is 2. The first-order chi connectivity index (χ1) is 17.7. The van der Waals surface area contributed by atoms with Gasteiger partial charge in [-0.3, -0.25) is 4.79 Å². The molecule has 5 heteroatoms. The molecule has 2 aliphatic rings. The maximum atomic E-state index is 11.9. The SMILES string of the molecule is C#CCNC(=O)CCCCCN1C(=CC=CC2=[N+](C)c3ccccc3C2(C)C)C(C)(C)c2ccccc21.[Cl-]. The zero-order chi connectivity index (χ0) is 26.6. The molecule has 0 bridgehead atoms. The number of rotatable bonds is 9. The Labute approximate surface area is 234 Å². The number of hydrogen-bond acceptors (Lipinski definition) is 2. The lowest BCUT2D eigenvalue weighted by Crippen LogP contribution is -3.00. The second kappa shape index (κ2) is 12.0. The number of amides is 1. The molecule has 4 rings (SSSR count). The number of terminal acetylenes is 1. The minimum atomic E-state index is -0.0826. The third-order valence-electron chi connectivity index (χ3n) is 7.92. The van der Waals surface area contributed by atoms with Gasteiger partial charge >= 0.3 is 0 Å². The smallest absolute Gasteiger partial charge is 0.220 e. The summed E-state index contributed by atoms with van der Waals surface area (Å²) in [5.74, 6) is 2.49. The molecule has 1 N–H and O–H groups in total. The highest BCUT2D eigenvalue weighted by molar-refractivity contribution is 6.03. The molecule has 1 amide bonds. The minimum absolute atomic E-state index is 0. The van der Waals surface area contributed by atoms with Crippen LogP contribution < -0.4 is 22.6 Å². The molecule has 38 heavy (non-hydrogen) atoms. The monoisotopic (exact) mass is 529 g/mol. The molecule has 0 fully saturated rings. The highest BCUT2D eigenvalue weighted by Gasteiger charge is 2.43. The normalized spacial score (nSPS) is 17.8. The van der Waals surface area contributed by atoms with Crippen LogP contribution in [0.2, 0.25) is 0 Å². The first kappa shape index (κ1) is 29.3. The van der Waals surface area contributed by atoms with Gasteiger partial charge in [-0.2, -0.15) is 4.58 Å². The molecule has 2 aromatic rings. The zero-order valence-corrected chi connectivity index (χ0v) is 24.1. The summed E-state index contributed by atoms with van der Waals surface area (Å²) in [7, 11) is 2.16. The Hall–Kier alpha value is -3.29. The largest absolute Gasteiger partial charge is 1.00 e. The molecule has 200 valence electrons. The number of halogens is 1. The van der Waals surface area contributed by atoms with Gasteiger partial charge in [0.15, 0.2) is 5.71 Å². The molecule has 0 spiro atoms. The number of benzene rings is 2. The minimum Gasteiger partial charge on any atom is -1.00 e. The zero-order valence-electron chi connectivity index (χ0n) is 23.4. The van der Waals surface area contributed by atoms with Crippen molar-refractivity contribution in [3.8, 4) is 12.3 Å². The first-order valence-corrected chi connectivity index (χ1v) is 13.4. The quantitative estimate of drug-likeness (QED) is 0.307. The van der Waals surface area contributed by atoms with E-state index in [9.17, 15) is 4.79 Å². The van der Waals surface area contributed by atoms with E-state index in [2.05, 4.69) is 122 Å². The Balaban J connectivity index is 0.00000400. The van der Waals surface area contributed by atoms with Crippen LogP contribution in [0.5, 0.6) is 0 Å². The lowest BCUT2D eigenvalue weighted by Gasteiger charge is -2.27. The fourth-order valence-electron chi connectivity index (χ4n) is 5.88. The van der Waals surface area contributed by atoms with Crippen LogP contribution in [0, 0.1) is 12.3 Å². The van der Waals surface area contributed by atoms with Crippen molar-refractivity contribution in [3.05, 3.63) is 83.6 Å². The van der Waals surface area contributed by atoms with Gasteiger partial charge in [-0.15, -0.1) is 6.42 Å². The van der Waals surface area contributed by atoms with E-state index in [4.69, 9.17) is 6.42 Å². The van der Waals surface area contributed by atoms with Gasteiger partial charge < -0.3 is 22.6 Å². The Morgan fingerprint density at radius 1 is 1.00 bits per heavy atom. The van der Waals surface area contributed by atoms with E-state index < -0.39 is 0 Å². The Morgan fingerprint density at radius 2 is 1.68 bits per heavy atom. The van der Waals surface area contributed by atoms with E-state index in [0.29, 0.717) is 13.0 Å². The number of carbonyl (C=O) groups excluding carboxylic acids is 1. The standard InChI is InChI=1S/C33H39N3O.ClH/c1-7-23-34-31(37)22-9-8-14-24-36-28-19-13-11-17-26(28)33(4,5)30(36)21-15-20-29-32(2,3)25-16-10-12-18-27(25)35(29)6;/h1,10-13,15-21H,8-9,14,22-24H2,2-6H3;1H. The van der Waals surface area contributed by atoms with Crippen LogP contribution in [-0.4, -0.2) is 36.3 Å². The van der Waals surface area contributed by atoms with Crippen molar-refractivity contribution >= 4 is 23.0 Å². The van der Waals surface area contributed by atoms with Crippen LogP contribution in [-0.2, 0) is 15.6 Å². The van der Waals surface area contributed by atoms with Gasteiger partial charge in [0.25, 0.3) is 0 Å². The summed E-state index contributed by atoms with van der Waals surface area (Å²) in [5.41, 5.74) is 7.79. The van der Waals surface area contributed by atoms with E-state index in [1.54, 1.807) is 0 Å². The first-order valence-electron chi connectivity index (χ1n) is 13.4. The van der Waals surface area contributed by atoms with E-state index >= 15 is 0 Å². The van der Waals surface area contributed by atoms with Crippen molar-refractivity contribution in [2.45, 2.75) is 64.2 Å². The molecular formula is C33H40ClN3O. The van der Waals surface area contributed by atoms with Gasteiger partial charge in [-0.05, 0) is 44.4 Å². The summed E-state index contributed by atoms with van der Waals surface area (Å²) >= 11 is 0. The molecule has 0 unspecified atom stereocenters. The van der Waals surface area contributed by atoms with Crippen molar-refractivity contribution in [2.75, 3.05) is 25.0 Å². The maximum absolute atomic E-state index is 11.9. The van der Waals surface area contributed by atoms with E-state index in [1.165, 1.54) is 33.9 Å². The number of para-hydroxylation sites is 2. The number of nitrogens with one attached hydrogen (secondary N) is 1. The predicted molar refractivity (Wildman–Crippen MR) is 155 cm³/mol. The molecule has 2 heterocycles. The second-order valence-electron chi connectivity index (χ2n) is 11.1. The topological polar surface area (TPSA) is 35.4 Å². The van der Waals surface area contributed by atoms with E-state index in [-0.39, 0.29) is 29.1 Å². The third kappa shape index (κ3) is 5.59. The van der Waals surface area contributed by atoms with Crippen molar-refractivity contribution in [2.24, 2.45) is 0 Å². The number of unbranched alkanes of at least 4 members (excludes halogenated alkanes) is 2. The highest BCUT2D eigenvalue weighted by Crippen LogP contribution is 2.47. The lowest BCUT2D eigenvalue weighted by atomic mass is 9.81. The summed E-state index contributed by atoms with van der Waals surface area (Å²) in [6, 6.07) is 17.4. The number of fused-ring (bicyclic) bond motifs is 2. The molecule has 0 atom stereocenters. The van der Waals surface area contributed by atoms with Gasteiger partial charge in [0, 0.05) is 47.5 Å². The van der Waals surface area contributed by atoms with Crippen molar-refractivity contribution < 1.29 is 21.8 Å². The Kier molecular flexibility index (Phi) is 9.28. The summed E-state index contributed by atoms with van der Waals surface area (Å²) in [6.07, 6.45) is 15.4. The van der Waals surface area contributed by atoms with Gasteiger partial charge in [0.1, 0.15) is 7.05 Å². The average Bonchev–Trinajstić information content (AvgIpc) is 3.22. The van der Waals surface area contributed by atoms with Gasteiger partial charge in [-0.25, -0.2) is 0 Å². The molecule has 0 aliphatic carbocycles. The molecule has 2 aromatic carbocycles. The van der Waals surface area contributed by atoms with Gasteiger partial charge in [-0.1, -0.05) is 68.7 Å². The molecule has 0 saturated heterocycles. The average molecular weight is 530 g/mol. The number of hydrogen-bond donors (Lipinski definition) is 1. The van der Waals surface area contributed by atoms with Crippen LogP contribution in [0.3, 0.4) is 0 Å². The van der Waals surface area contributed by atoms with Crippen LogP contribution in [0.1, 0.15) is 64.5 Å². The summed E-state index contributed by atoms with van der Waals surface area (Å²) < 4.78 is 2.32. The second-order valence-corrected chi connectivity index (χ2v) is 11.1. The maximum Gasteiger partial charge on any atom is 0.220 e. The van der Waals surface area contributed by atoms with Crippen molar-refractivity contribution in [1.29, 1.82) is 0 Å². The molecule has 4 nitrogen and oxygen atoms in total. The van der Waals surface area contributed by atoms with Crippen molar-refractivity contribution in [1.82, 2.24) is 5.32 Å². The van der Waals surface area contributed by atoms with Gasteiger partial charge in [0.05, 0.1) is 12.0 Å². The highest BCUT2D eigenvalue weighted by atomic mass is 35.5. The number of allylic oxidation sites excluding steroid dienone is 4. The fraction of sp³-hybridized carbons (Fsp3) is 0.394. The lowest BCUT2D eigenvalue weighted by molar-refractivity contribution is -0.401. The summed E-state index contributed by atoms with van der Waals surface area (Å²) in [4.78, 5) is 14.3. The summed E-state index contributed by atoms with van der Waals surface area (Å²) in [5, 5.41) is 2.75. The molecule has 0 saturated carbocycles. The molecule has 2 aliphatic heterocycles. The van der Waals surface area contributed by atoms with Crippen LogP contribution in [0.4, 0.5) is 11.4 Å². The molecule has 0 radical (unpaired) electrons. The van der Waals surface area contributed by atoms with Gasteiger partial charge in [0.2, 0.25) is 11.6 Å². The molecule has 0 aromatic heterocycles. The Morgan fingerprint density at radius 3 is 2.39 bits per heavy atom. The third-order valence-corrected chi connectivity index (χ3v) is 7.92. The van der Waals surface area contributed by atoms with E-state index in [1.807, 2.05) is 0 Å². The Bertz CT molecular complexity index is 1310. The summed E-state index contributed by atoms with van der Waals surface area (Å²) in [6.45, 7) is 10.5. The number of carbonyl (C=O) groups is 1. The molecular weight excluding hydrogens is 490 g/mol. The van der Waals surface area contributed by atoms with Crippen LogP contribution >= 0.6 is 0 Å². The van der Waals surface area contributed by atoms with Crippen molar-refractivity contribution in [3.63, 3.8) is 0 Å². The predicted octanol–water partition coefficient (Wildman–Crippen LogP) is 3.24. The number of anilines is 1.